The van der Waals surface area contributed by atoms with Gasteiger partial charge >= 0.3 is 5.97 Å². The van der Waals surface area contributed by atoms with Gasteiger partial charge in [0.05, 0.1) is 35.9 Å². The predicted molar refractivity (Wildman–Crippen MR) is 150 cm³/mol. The number of ether oxygens (including phenoxy) is 3. The van der Waals surface area contributed by atoms with Crippen molar-refractivity contribution in [2.75, 3.05) is 31.7 Å². The number of aryl methyl sites for hydroxylation is 1. The summed E-state index contributed by atoms with van der Waals surface area (Å²) in [4.78, 5) is 34.5. The Balaban J connectivity index is 1.89. The van der Waals surface area contributed by atoms with E-state index in [0.29, 0.717) is 11.3 Å². The molecule has 13 nitrogen and oxygen atoms in total. The number of nitrogens with zero attached hydrogens (tertiary/aromatic N) is 3. The highest BCUT2D eigenvalue weighted by molar-refractivity contribution is 7.92. The van der Waals surface area contributed by atoms with Gasteiger partial charge in [-0.1, -0.05) is 29.8 Å². The molecule has 0 saturated heterocycles. The predicted octanol–water partition coefficient (Wildman–Crippen LogP) is 3.46. The van der Waals surface area contributed by atoms with E-state index in [-0.39, 0.29) is 28.6 Å². The Morgan fingerprint density at radius 1 is 1.12 bits per heavy atom. The Bertz CT molecular complexity index is 1600. The number of hydrogen-bond acceptors (Lipinski definition) is 10. The normalized spacial score (nSPS) is 11.1. The molecule has 3 aromatic carbocycles. The fraction of sp³-hybridized carbons (Fsp3) is 0.192. The van der Waals surface area contributed by atoms with Gasteiger partial charge in [-0.15, -0.1) is 0 Å². The molecule has 15 heteroatoms. The van der Waals surface area contributed by atoms with Gasteiger partial charge in [0.2, 0.25) is 0 Å². The number of benzene rings is 3. The lowest BCUT2D eigenvalue weighted by molar-refractivity contribution is -0.385. The van der Waals surface area contributed by atoms with Gasteiger partial charge in [0, 0.05) is 16.7 Å². The summed E-state index contributed by atoms with van der Waals surface area (Å²) in [5.41, 5.74) is 2.53. The van der Waals surface area contributed by atoms with Crippen LogP contribution in [-0.2, 0) is 24.3 Å². The van der Waals surface area contributed by atoms with E-state index in [0.717, 1.165) is 10.4 Å². The second-order valence-electron chi connectivity index (χ2n) is 8.26. The van der Waals surface area contributed by atoms with Gasteiger partial charge in [-0.25, -0.2) is 18.6 Å². The van der Waals surface area contributed by atoms with Gasteiger partial charge in [-0.05, 0) is 48.9 Å². The summed E-state index contributed by atoms with van der Waals surface area (Å²) in [7, 11) is -2.01. The highest BCUT2D eigenvalue weighted by Gasteiger charge is 2.31. The van der Waals surface area contributed by atoms with Crippen molar-refractivity contribution in [3.63, 3.8) is 0 Å². The molecule has 0 unspecified atom stereocenters. The maximum absolute atomic E-state index is 13.7. The molecule has 1 N–H and O–H groups in total. The van der Waals surface area contributed by atoms with Crippen LogP contribution in [0.25, 0.3) is 0 Å². The number of amides is 1. The number of nitro benzene ring substituents is 1. The fourth-order valence-corrected chi connectivity index (χ4v) is 5.07. The number of esters is 1. The zero-order valence-electron chi connectivity index (χ0n) is 22.1. The zero-order chi connectivity index (χ0) is 30.2. The minimum atomic E-state index is -4.55. The third-order valence-electron chi connectivity index (χ3n) is 5.51. The summed E-state index contributed by atoms with van der Waals surface area (Å²) < 4.78 is 43.3. The minimum Gasteiger partial charge on any atom is -0.495 e. The molecule has 216 valence electrons. The van der Waals surface area contributed by atoms with E-state index in [9.17, 15) is 28.1 Å². The van der Waals surface area contributed by atoms with Crippen LogP contribution in [0.5, 0.6) is 11.5 Å². The second-order valence-corrected chi connectivity index (χ2v) is 10.6. The molecule has 0 aliphatic rings. The average Bonchev–Trinajstić information content (AvgIpc) is 2.94. The molecular weight excluding hydrogens is 580 g/mol. The van der Waals surface area contributed by atoms with Gasteiger partial charge in [0.25, 0.3) is 21.6 Å². The topological polar surface area (TPSA) is 167 Å². The average molecular weight is 605 g/mol. The number of methoxy groups -OCH3 is 2. The monoisotopic (exact) mass is 604 g/mol. The van der Waals surface area contributed by atoms with Crippen molar-refractivity contribution < 1.29 is 37.1 Å². The number of sulfonamides is 1. The molecule has 41 heavy (non-hydrogen) atoms. The van der Waals surface area contributed by atoms with Gasteiger partial charge in [0.15, 0.2) is 6.61 Å². The van der Waals surface area contributed by atoms with Gasteiger partial charge in [-0.3, -0.25) is 19.2 Å². The van der Waals surface area contributed by atoms with E-state index in [1.54, 1.807) is 24.3 Å². The molecule has 0 aromatic heterocycles. The van der Waals surface area contributed by atoms with Gasteiger partial charge in [-0.2, -0.15) is 5.10 Å². The van der Waals surface area contributed by atoms with Crippen LogP contribution < -0.4 is 19.2 Å². The lowest BCUT2D eigenvalue weighted by Gasteiger charge is -2.25. The first-order valence-electron chi connectivity index (χ1n) is 11.7. The summed E-state index contributed by atoms with van der Waals surface area (Å²) >= 11 is 6.12. The van der Waals surface area contributed by atoms with Crippen LogP contribution in [-0.4, -0.2) is 58.8 Å². The van der Waals surface area contributed by atoms with Crippen LogP contribution in [0.2, 0.25) is 5.02 Å². The van der Waals surface area contributed by atoms with Crippen molar-refractivity contribution in [2.45, 2.75) is 11.8 Å². The number of rotatable bonds is 12. The number of hydrazone groups is 1. The Morgan fingerprint density at radius 3 is 2.56 bits per heavy atom. The number of nitrogens with one attached hydrogen (secondary N) is 1. The van der Waals surface area contributed by atoms with Crippen molar-refractivity contribution in [3.8, 4) is 11.5 Å². The number of halogens is 1. The summed E-state index contributed by atoms with van der Waals surface area (Å²) in [6.07, 6.45) is 1.28. The summed E-state index contributed by atoms with van der Waals surface area (Å²) in [6, 6.07) is 14.0. The maximum atomic E-state index is 13.7. The molecule has 1 amide bonds. The number of carbonyl (C=O) groups excluding carboxylic acids is 2. The fourth-order valence-electron chi connectivity index (χ4n) is 3.46. The first-order valence-corrected chi connectivity index (χ1v) is 13.5. The molecule has 0 atom stereocenters. The van der Waals surface area contributed by atoms with E-state index in [4.69, 9.17) is 21.1 Å². The molecule has 3 rings (SSSR count). The van der Waals surface area contributed by atoms with Crippen LogP contribution in [0.4, 0.5) is 11.4 Å². The van der Waals surface area contributed by atoms with Crippen molar-refractivity contribution >= 4 is 51.1 Å². The van der Waals surface area contributed by atoms with Crippen molar-refractivity contribution in [1.82, 2.24) is 5.43 Å². The molecule has 0 aliphatic carbocycles. The molecule has 0 fully saturated rings. The van der Waals surface area contributed by atoms with E-state index in [1.807, 2.05) is 0 Å². The van der Waals surface area contributed by atoms with E-state index < -0.39 is 44.0 Å². The zero-order valence-corrected chi connectivity index (χ0v) is 23.6. The van der Waals surface area contributed by atoms with Crippen LogP contribution >= 0.6 is 11.6 Å². The van der Waals surface area contributed by atoms with E-state index >= 15 is 0 Å². The Kier molecular flexibility index (Phi) is 10.2. The first-order chi connectivity index (χ1) is 19.5. The minimum absolute atomic E-state index is 0.0715. The highest BCUT2D eigenvalue weighted by atomic mass is 35.5. The van der Waals surface area contributed by atoms with Crippen LogP contribution in [0.1, 0.15) is 11.1 Å². The Labute approximate surface area is 240 Å². The van der Waals surface area contributed by atoms with Crippen LogP contribution in [0.3, 0.4) is 0 Å². The molecule has 0 radical (unpaired) electrons. The smallest absolute Gasteiger partial charge is 0.343 e. The van der Waals surface area contributed by atoms with Gasteiger partial charge in [0.1, 0.15) is 18.0 Å². The first kappa shape index (κ1) is 30.8. The molecule has 0 heterocycles. The number of nitro groups is 1. The van der Waals surface area contributed by atoms with Crippen molar-refractivity contribution in [1.29, 1.82) is 0 Å². The highest BCUT2D eigenvalue weighted by Crippen LogP contribution is 2.35. The van der Waals surface area contributed by atoms with Gasteiger partial charge < -0.3 is 14.2 Å². The molecule has 0 spiro atoms. The van der Waals surface area contributed by atoms with Crippen LogP contribution in [0.15, 0.2) is 70.7 Å². The lowest BCUT2D eigenvalue weighted by Crippen LogP contribution is -2.39. The number of anilines is 1. The summed E-state index contributed by atoms with van der Waals surface area (Å²) in [5, 5.41) is 15.5. The van der Waals surface area contributed by atoms with E-state index in [2.05, 4.69) is 15.3 Å². The molecule has 0 saturated carbocycles. The maximum Gasteiger partial charge on any atom is 0.343 e. The standard InChI is InChI=1S/C26H25ClN4O9S/c1-17-7-9-21(13-22(17)31(34)35)41(36,37)30(23-12-19(27)8-10-24(23)38-2)15-25(32)29-28-14-18-5-4-6-20(11-18)40-16-26(33)39-3/h4-14H,15-16H2,1-3H3,(H,29,32)/b28-14+. The molecule has 0 bridgehead atoms. The number of hydrogen-bond donors (Lipinski definition) is 1. The van der Waals surface area contributed by atoms with Crippen molar-refractivity contribution in [2.24, 2.45) is 5.10 Å². The third kappa shape index (κ3) is 7.93. The molecule has 0 aliphatic heterocycles. The summed E-state index contributed by atoms with van der Waals surface area (Å²) in [5.74, 6) is -0.971. The number of carbonyl (C=O) groups is 2. The third-order valence-corrected chi connectivity index (χ3v) is 7.50. The molecule has 3 aromatic rings. The van der Waals surface area contributed by atoms with Crippen molar-refractivity contribution in [3.05, 3.63) is 86.9 Å². The van der Waals surface area contributed by atoms with E-state index in [1.165, 1.54) is 57.7 Å². The lowest BCUT2D eigenvalue weighted by atomic mass is 10.2. The largest absolute Gasteiger partial charge is 0.495 e. The molecular formula is C26H25ClN4O9S. The Hall–Kier alpha value is -4.69. The summed E-state index contributed by atoms with van der Waals surface area (Å²) in [6.45, 7) is 0.397. The quantitative estimate of drug-likeness (QED) is 0.141. The Morgan fingerprint density at radius 2 is 1.88 bits per heavy atom. The second kappa shape index (κ2) is 13.6. The SMILES string of the molecule is COC(=O)COc1cccc(/C=N/NC(=O)CN(c2cc(Cl)ccc2OC)S(=O)(=O)c2ccc(C)c([N+](=O)[O-])c2)c1. The van der Waals surface area contributed by atoms with Crippen LogP contribution in [0, 0.1) is 17.0 Å².